The smallest absolute Gasteiger partial charge is 0.251 e. The maximum Gasteiger partial charge on any atom is 0.251 e. The molecule has 0 fully saturated rings. The average molecular weight is 332 g/mol. The fourth-order valence-electron chi connectivity index (χ4n) is 2.18. The zero-order valence-electron chi connectivity index (χ0n) is 13.2. The van der Waals surface area contributed by atoms with Gasteiger partial charge in [-0.05, 0) is 37.3 Å². The third-order valence-electron chi connectivity index (χ3n) is 3.37. The molecule has 0 spiro atoms. The number of rotatable bonds is 6. The van der Waals surface area contributed by atoms with E-state index in [-0.39, 0.29) is 31.0 Å². The Hall–Kier alpha value is -2.76. The summed E-state index contributed by atoms with van der Waals surface area (Å²) in [6, 6.07) is 10.1. The Balaban J connectivity index is 1.75. The minimum absolute atomic E-state index is 0.00343. The summed E-state index contributed by atoms with van der Waals surface area (Å²) < 4.78 is 26.5. The van der Waals surface area contributed by atoms with Crippen molar-refractivity contribution in [2.45, 2.75) is 13.3 Å². The Bertz CT molecular complexity index is 748. The second-order valence-corrected chi connectivity index (χ2v) is 5.39. The highest BCUT2D eigenvalue weighted by molar-refractivity contribution is 5.94. The van der Waals surface area contributed by atoms with Gasteiger partial charge in [0.15, 0.2) is 0 Å². The van der Waals surface area contributed by atoms with E-state index in [9.17, 15) is 18.4 Å². The van der Waals surface area contributed by atoms with E-state index in [4.69, 9.17) is 0 Å². The molecule has 2 aromatic rings. The Morgan fingerprint density at radius 2 is 1.75 bits per heavy atom. The quantitative estimate of drug-likeness (QED) is 0.798. The topological polar surface area (TPSA) is 58.2 Å². The molecule has 2 N–H and O–H groups in total. The molecule has 24 heavy (non-hydrogen) atoms. The highest BCUT2D eigenvalue weighted by atomic mass is 19.1. The van der Waals surface area contributed by atoms with E-state index < -0.39 is 17.5 Å². The molecule has 2 amide bonds. The fraction of sp³-hybridized carbons (Fsp3) is 0.222. The van der Waals surface area contributed by atoms with Crippen LogP contribution in [-0.4, -0.2) is 24.9 Å². The van der Waals surface area contributed by atoms with E-state index in [2.05, 4.69) is 10.6 Å². The molecule has 126 valence electrons. The number of halogens is 2. The second-order valence-electron chi connectivity index (χ2n) is 5.39. The van der Waals surface area contributed by atoms with Gasteiger partial charge in [-0.1, -0.05) is 17.7 Å². The van der Waals surface area contributed by atoms with Crippen LogP contribution >= 0.6 is 0 Å². The highest BCUT2D eigenvalue weighted by Crippen LogP contribution is 2.10. The van der Waals surface area contributed by atoms with Gasteiger partial charge in [0.05, 0.1) is 6.42 Å². The lowest BCUT2D eigenvalue weighted by Crippen LogP contribution is -2.35. The first-order chi connectivity index (χ1) is 11.5. The second kappa shape index (κ2) is 8.19. The molecular formula is C18H18F2N2O2. The van der Waals surface area contributed by atoms with Gasteiger partial charge in [0.2, 0.25) is 5.91 Å². The Morgan fingerprint density at radius 3 is 2.50 bits per heavy atom. The third kappa shape index (κ3) is 5.15. The minimum Gasteiger partial charge on any atom is -0.354 e. The number of nitrogens with one attached hydrogen (secondary N) is 2. The van der Waals surface area contributed by atoms with Gasteiger partial charge in [0, 0.05) is 24.2 Å². The van der Waals surface area contributed by atoms with Gasteiger partial charge in [0.25, 0.3) is 5.91 Å². The maximum atomic E-state index is 13.4. The van der Waals surface area contributed by atoms with Crippen LogP contribution in [0.5, 0.6) is 0 Å². The van der Waals surface area contributed by atoms with Crippen molar-refractivity contribution >= 4 is 11.8 Å². The van der Waals surface area contributed by atoms with Crippen LogP contribution < -0.4 is 10.6 Å². The molecule has 0 heterocycles. The average Bonchev–Trinajstić information content (AvgIpc) is 2.55. The van der Waals surface area contributed by atoms with Crippen LogP contribution in [0, 0.1) is 18.6 Å². The molecule has 0 radical (unpaired) electrons. The van der Waals surface area contributed by atoms with E-state index in [1.54, 1.807) is 18.2 Å². The van der Waals surface area contributed by atoms with Crippen molar-refractivity contribution in [1.82, 2.24) is 10.6 Å². The number of aryl methyl sites for hydroxylation is 1. The number of amides is 2. The normalized spacial score (nSPS) is 10.3. The molecule has 2 aromatic carbocycles. The molecule has 0 aliphatic rings. The van der Waals surface area contributed by atoms with Gasteiger partial charge >= 0.3 is 0 Å². The van der Waals surface area contributed by atoms with Gasteiger partial charge in [0.1, 0.15) is 11.6 Å². The number of hydrogen-bond donors (Lipinski definition) is 2. The van der Waals surface area contributed by atoms with Crippen molar-refractivity contribution < 1.29 is 18.4 Å². The number of carbonyl (C=O) groups excluding carboxylic acids is 2. The SMILES string of the molecule is Cc1cccc(C(=O)NCCNC(=O)Cc2cc(F)ccc2F)c1. The van der Waals surface area contributed by atoms with Gasteiger partial charge in [-0.15, -0.1) is 0 Å². The summed E-state index contributed by atoms with van der Waals surface area (Å²) in [6.45, 7) is 2.33. The molecule has 0 aliphatic heterocycles. The van der Waals surface area contributed by atoms with Crippen LogP contribution in [0.25, 0.3) is 0 Å². The zero-order valence-corrected chi connectivity index (χ0v) is 13.2. The van der Waals surface area contributed by atoms with Crippen LogP contribution in [0.3, 0.4) is 0 Å². The van der Waals surface area contributed by atoms with E-state index in [0.717, 1.165) is 23.8 Å². The third-order valence-corrected chi connectivity index (χ3v) is 3.37. The summed E-state index contributed by atoms with van der Waals surface area (Å²) >= 11 is 0. The largest absolute Gasteiger partial charge is 0.354 e. The van der Waals surface area contributed by atoms with E-state index >= 15 is 0 Å². The van der Waals surface area contributed by atoms with Gasteiger partial charge in [-0.2, -0.15) is 0 Å². The Morgan fingerprint density at radius 1 is 1.00 bits per heavy atom. The zero-order chi connectivity index (χ0) is 17.5. The summed E-state index contributed by atoms with van der Waals surface area (Å²) in [6.07, 6.45) is -0.255. The van der Waals surface area contributed by atoms with Crippen LogP contribution in [0.1, 0.15) is 21.5 Å². The van der Waals surface area contributed by atoms with Crippen molar-refractivity contribution in [1.29, 1.82) is 0 Å². The maximum absolute atomic E-state index is 13.4. The van der Waals surface area contributed by atoms with Crippen LogP contribution in [0.15, 0.2) is 42.5 Å². The summed E-state index contributed by atoms with van der Waals surface area (Å²) in [5.41, 5.74) is 1.52. The number of hydrogen-bond acceptors (Lipinski definition) is 2. The molecule has 0 unspecified atom stereocenters. The molecule has 0 saturated heterocycles. The molecule has 0 bridgehead atoms. The predicted octanol–water partition coefficient (Wildman–Crippen LogP) is 2.36. The molecule has 0 atom stereocenters. The molecule has 4 nitrogen and oxygen atoms in total. The fourth-order valence-corrected chi connectivity index (χ4v) is 2.18. The molecular weight excluding hydrogens is 314 g/mol. The van der Waals surface area contributed by atoms with Crippen molar-refractivity contribution in [3.63, 3.8) is 0 Å². The highest BCUT2D eigenvalue weighted by Gasteiger charge is 2.09. The van der Waals surface area contributed by atoms with Crippen molar-refractivity contribution in [3.8, 4) is 0 Å². The van der Waals surface area contributed by atoms with E-state index in [1.807, 2.05) is 13.0 Å². The minimum atomic E-state index is -0.626. The standard InChI is InChI=1S/C18H18F2N2O2/c1-12-3-2-4-13(9-12)18(24)22-8-7-21-17(23)11-14-10-15(19)5-6-16(14)20/h2-6,9-10H,7-8,11H2,1H3,(H,21,23)(H,22,24). The van der Waals surface area contributed by atoms with Gasteiger partial charge in [-0.25, -0.2) is 8.78 Å². The van der Waals surface area contributed by atoms with Crippen LogP contribution in [0.2, 0.25) is 0 Å². The lowest BCUT2D eigenvalue weighted by atomic mass is 10.1. The van der Waals surface area contributed by atoms with Gasteiger partial charge in [-0.3, -0.25) is 9.59 Å². The first kappa shape index (κ1) is 17.6. The molecule has 0 saturated carbocycles. The monoisotopic (exact) mass is 332 g/mol. The number of benzene rings is 2. The summed E-state index contributed by atoms with van der Waals surface area (Å²) in [4.78, 5) is 23.6. The summed E-state index contributed by atoms with van der Waals surface area (Å²) in [7, 11) is 0. The lowest BCUT2D eigenvalue weighted by molar-refractivity contribution is -0.120. The Labute approximate surface area is 138 Å². The molecule has 6 heteroatoms. The molecule has 0 aliphatic carbocycles. The summed E-state index contributed by atoms with van der Waals surface area (Å²) in [5.74, 6) is -1.89. The Kier molecular flexibility index (Phi) is 6.01. The summed E-state index contributed by atoms with van der Waals surface area (Å²) in [5, 5.41) is 5.23. The van der Waals surface area contributed by atoms with Crippen molar-refractivity contribution in [2.75, 3.05) is 13.1 Å². The first-order valence-electron chi connectivity index (χ1n) is 7.51. The van der Waals surface area contributed by atoms with Crippen molar-refractivity contribution in [2.24, 2.45) is 0 Å². The van der Waals surface area contributed by atoms with Crippen LogP contribution in [0.4, 0.5) is 8.78 Å². The van der Waals surface area contributed by atoms with Gasteiger partial charge < -0.3 is 10.6 Å². The molecule has 2 rings (SSSR count). The first-order valence-corrected chi connectivity index (χ1v) is 7.51. The predicted molar refractivity (Wildman–Crippen MR) is 86.6 cm³/mol. The van der Waals surface area contributed by atoms with Crippen LogP contribution in [-0.2, 0) is 11.2 Å². The van der Waals surface area contributed by atoms with E-state index in [0.29, 0.717) is 5.56 Å². The lowest BCUT2D eigenvalue weighted by Gasteiger charge is -2.08. The number of carbonyl (C=O) groups is 2. The van der Waals surface area contributed by atoms with Crippen molar-refractivity contribution in [3.05, 3.63) is 70.8 Å². The van der Waals surface area contributed by atoms with E-state index in [1.165, 1.54) is 0 Å². The molecule has 0 aromatic heterocycles.